The Hall–Kier alpha value is -5.08. The standard InChI is InChI=1S/C36H22N2/c1-2-12-24-23(11-1)27-15-9-17-29-25-13-3-5-19-31(25)37(35(27)29)33-21-7-8-22-34(33)38-32-20-6-4-14-26(32)30-18-10-16-28(24)36(30)38/h1-22H/i1D,2D,3D,4D,5D,6D,7D,8D,9D,10D,11D,13D,14D,15D,17D,18D,19D,20D,21D,22D. The molecule has 3 aromatic heterocycles. The molecule has 0 saturated carbocycles. The van der Waals surface area contributed by atoms with E-state index < -0.39 is 159 Å². The summed E-state index contributed by atoms with van der Waals surface area (Å²) in [6.45, 7) is 0. The average Bonchev–Trinajstić information content (AvgIpc) is 3.73. The third kappa shape index (κ3) is 2.42. The first-order chi connectivity index (χ1) is 27.2. The van der Waals surface area contributed by atoms with Crippen LogP contribution in [0.3, 0.4) is 0 Å². The van der Waals surface area contributed by atoms with Gasteiger partial charge in [0.25, 0.3) is 0 Å². The average molecular weight is 503 g/mol. The maximum Gasteiger partial charge on any atom is 0.0703 e. The van der Waals surface area contributed by atoms with Gasteiger partial charge in [0.15, 0.2) is 0 Å². The van der Waals surface area contributed by atoms with Crippen LogP contribution in [0.4, 0.5) is 0 Å². The summed E-state index contributed by atoms with van der Waals surface area (Å²) in [4.78, 5) is 0. The highest BCUT2D eigenvalue weighted by Crippen LogP contribution is 2.39. The van der Waals surface area contributed by atoms with Gasteiger partial charge in [0, 0.05) is 32.3 Å². The summed E-state index contributed by atoms with van der Waals surface area (Å²) in [5.74, 6) is 0. The fraction of sp³-hybridized carbons (Fsp3) is 0. The van der Waals surface area contributed by atoms with Gasteiger partial charge in [-0.3, -0.25) is 0 Å². The number of rotatable bonds is 0. The quantitative estimate of drug-likeness (QED) is 0.195. The van der Waals surface area contributed by atoms with Crippen molar-refractivity contribution >= 4 is 76.2 Å². The molecule has 0 bridgehead atoms. The topological polar surface area (TPSA) is 8.82 Å². The fourth-order valence-corrected chi connectivity index (χ4v) is 5.40. The van der Waals surface area contributed by atoms with E-state index in [1.165, 1.54) is 0 Å². The van der Waals surface area contributed by atoms with E-state index in [0.29, 0.717) is 0 Å². The predicted octanol–water partition coefficient (Wildman–Crippen LogP) is 9.67. The molecule has 9 aromatic rings. The minimum Gasteiger partial charge on any atom is -0.307 e. The minimum atomic E-state index is -0.862. The second kappa shape index (κ2) is 7.24. The Kier molecular flexibility index (Phi) is 1.72. The lowest BCUT2D eigenvalue weighted by atomic mass is 10.0. The number of aromatic nitrogens is 2. The molecular formula is C36H22N2. The van der Waals surface area contributed by atoms with Gasteiger partial charge < -0.3 is 8.80 Å². The molecule has 6 aromatic carbocycles. The Bertz CT molecular complexity index is 3570. The SMILES string of the molecule is [2H]c1cc2c3cc([2H])c([2H])c4c5c([2H])c([2H])c([2H])c([2H])c5n(c5c([2H])c([2H])c([2H])c([2H])c5n5c6c([2H])c([2H])c([2H])c([2H])c6c6c([2H])c([2H])c([2H])c(c2c([2H])c1[2H])c65)c34. The third-order valence-electron chi connectivity index (χ3n) is 6.87. The zero-order valence-corrected chi connectivity index (χ0v) is 19.0. The zero-order valence-electron chi connectivity index (χ0n) is 39.0. The largest absolute Gasteiger partial charge is 0.307 e. The molecule has 9 rings (SSSR count). The summed E-state index contributed by atoms with van der Waals surface area (Å²) in [6.07, 6.45) is 0. The second-order valence-corrected chi connectivity index (χ2v) is 8.67. The second-order valence-electron chi connectivity index (χ2n) is 8.67. The van der Waals surface area contributed by atoms with Gasteiger partial charge in [-0.2, -0.15) is 0 Å². The van der Waals surface area contributed by atoms with Crippen LogP contribution in [-0.2, 0) is 0 Å². The van der Waals surface area contributed by atoms with E-state index in [0.717, 1.165) is 20.9 Å². The molecular weight excluding hydrogens is 460 g/mol. The summed E-state index contributed by atoms with van der Waals surface area (Å²) in [5, 5.41) is -2.56. The third-order valence-corrected chi connectivity index (χ3v) is 6.87. The van der Waals surface area contributed by atoms with E-state index >= 15 is 0 Å². The summed E-state index contributed by atoms with van der Waals surface area (Å²) in [6, 6.07) is -12.4. The van der Waals surface area contributed by atoms with Gasteiger partial charge in [-0.15, -0.1) is 0 Å². The van der Waals surface area contributed by atoms with Gasteiger partial charge >= 0.3 is 0 Å². The first-order valence-corrected chi connectivity index (χ1v) is 11.5. The van der Waals surface area contributed by atoms with E-state index in [9.17, 15) is 9.60 Å². The first kappa shape index (κ1) is 9.04. The Balaban J connectivity index is 1.98. The van der Waals surface area contributed by atoms with E-state index in [-0.39, 0.29) is 37.8 Å². The number of fused-ring (bicyclic) bond motifs is 12. The highest BCUT2D eigenvalue weighted by Gasteiger charge is 2.17. The number of benzene rings is 6. The van der Waals surface area contributed by atoms with Crippen LogP contribution in [0.15, 0.2) is 133 Å². The fourth-order valence-electron chi connectivity index (χ4n) is 5.40. The van der Waals surface area contributed by atoms with Gasteiger partial charge in [0.05, 0.1) is 60.5 Å². The van der Waals surface area contributed by atoms with Crippen molar-refractivity contribution in [2.24, 2.45) is 0 Å². The molecule has 2 heteroatoms. The summed E-state index contributed by atoms with van der Waals surface area (Å²) in [5.41, 5.74) is -2.68. The van der Waals surface area contributed by atoms with Crippen molar-refractivity contribution in [2.45, 2.75) is 0 Å². The van der Waals surface area contributed by atoms with Gasteiger partial charge in [0.2, 0.25) is 0 Å². The Morgan fingerprint density at radius 2 is 0.737 bits per heavy atom. The Labute approximate surface area is 246 Å². The normalized spacial score (nSPS) is 19.6. The highest BCUT2D eigenvalue weighted by atomic mass is 15.0. The lowest BCUT2D eigenvalue weighted by Gasteiger charge is -2.10. The van der Waals surface area contributed by atoms with Crippen molar-refractivity contribution in [2.75, 3.05) is 0 Å². The maximum absolute atomic E-state index is 9.47. The molecule has 0 aliphatic rings. The lowest BCUT2D eigenvalue weighted by Crippen LogP contribution is -1.93. The van der Waals surface area contributed by atoms with Crippen LogP contribution >= 0.6 is 0 Å². The molecule has 0 aliphatic heterocycles. The van der Waals surface area contributed by atoms with E-state index in [1.54, 1.807) is 0 Å². The van der Waals surface area contributed by atoms with Crippen LogP contribution < -0.4 is 0 Å². The predicted molar refractivity (Wildman–Crippen MR) is 162 cm³/mol. The van der Waals surface area contributed by atoms with Crippen molar-refractivity contribution in [1.29, 1.82) is 0 Å². The smallest absolute Gasteiger partial charge is 0.0703 e. The van der Waals surface area contributed by atoms with Crippen molar-refractivity contribution in [1.82, 2.24) is 8.80 Å². The van der Waals surface area contributed by atoms with Crippen molar-refractivity contribution in [3.05, 3.63) is 133 Å². The van der Waals surface area contributed by atoms with Crippen LogP contribution in [-0.4, -0.2) is 8.80 Å². The van der Waals surface area contributed by atoms with Crippen LogP contribution in [0.2, 0.25) is 0 Å². The summed E-state index contributed by atoms with van der Waals surface area (Å²) in [7, 11) is 0. The molecule has 2 nitrogen and oxygen atoms in total. The summed E-state index contributed by atoms with van der Waals surface area (Å²) < 4.78 is 182. The van der Waals surface area contributed by atoms with Crippen LogP contribution in [0.25, 0.3) is 76.2 Å². The minimum absolute atomic E-state index is 0.165. The molecule has 176 valence electrons. The maximum atomic E-state index is 9.47. The van der Waals surface area contributed by atoms with Crippen LogP contribution in [0.5, 0.6) is 0 Å². The van der Waals surface area contributed by atoms with Gasteiger partial charge in [-0.05, 0) is 34.9 Å². The molecule has 0 saturated heterocycles. The molecule has 0 fully saturated rings. The highest BCUT2D eigenvalue weighted by molar-refractivity contribution is 6.25. The molecule has 0 amide bonds. The van der Waals surface area contributed by atoms with Gasteiger partial charge in [-0.25, -0.2) is 0 Å². The monoisotopic (exact) mass is 502 g/mol. The molecule has 38 heavy (non-hydrogen) atoms. The number of nitrogens with zero attached hydrogens (tertiary/aromatic N) is 2. The van der Waals surface area contributed by atoms with Gasteiger partial charge in [0.1, 0.15) is 0 Å². The molecule has 0 unspecified atom stereocenters. The van der Waals surface area contributed by atoms with E-state index in [2.05, 4.69) is 0 Å². The Morgan fingerprint density at radius 1 is 0.316 bits per heavy atom. The molecule has 0 atom stereocenters. The number of hydrogen-bond acceptors (Lipinski definition) is 0. The van der Waals surface area contributed by atoms with Crippen molar-refractivity contribution < 1.29 is 27.4 Å². The summed E-state index contributed by atoms with van der Waals surface area (Å²) >= 11 is 0. The number of para-hydroxylation sites is 6. The van der Waals surface area contributed by atoms with Crippen LogP contribution in [0, 0.1) is 0 Å². The molecule has 0 N–H and O–H groups in total. The Morgan fingerprint density at radius 3 is 1.39 bits per heavy atom. The first-order valence-electron chi connectivity index (χ1n) is 21.5. The number of hydrogen-bond donors (Lipinski definition) is 0. The lowest BCUT2D eigenvalue weighted by molar-refractivity contribution is 1.30. The van der Waals surface area contributed by atoms with E-state index in [4.69, 9.17) is 17.8 Å². The molecule has 0 aliphatic carbocycles. The van der Waals surface area contributed by atoms with E-state index in [1.807, 2.05) is 0 Å². The molecule has 0 spiro atoms. The van der Waals surface area contributed by atoms with Gasteiger partial charge in [-0.1, -0.05) is 109 Å². The molecule has 3 heterocycles. The zero-order chi connectivity index (χ0) is 42.2. The molecule has 0 radical (unpaired) electrons. The van der Waals surface area contributed by atoms with Crippen LogP contribution in [0.1, 0.15) is 27.4 Å². The van der Waals surface area contributed by atoms with Crippen molar-refractivity contribution in [3.63, 3.8) is 0 Å². The van der Waals surface area contributed by atoms with Crippen molar-refractivity contribution in [3.8, 4) is 0 Å².